The number of anilines is 1. The lowest BCUT2D eigenvalue weighted by Gasteiger charge is -2.40. The maximum Gasteiger partial charge on any atom is 0.281 e. The molecular weight excluding hydrogens is 376 g/mol. The Labute approximate surface area is 168 Å². The van der Waals surface area contributed by atoms with Gasteiger partial charge in [0.2, 0.25) is 5.91 Å². The predicted octanol–water partition coefficient (Wildman–Crippen LogP) is 1.39. The molecule has 4 rings (SSSR count). The van der Waals surface area contributed by atoms with Crippen molar-refractivity contribution in [2.24, 2.45) is 5.92 Å². The number of nitrogens with zero attached hydrogens (tertiary/aromatic N) is 4. The second kappa shape index (κ2) is 8.39. The molecule has 28 heavy (non-hydrogen) atoms. The third kappa shape index (κ3) is 4.04. The third-order valence-corrected chi connectivity index (χ3v) is 8.17. The zero-order valence-electron chi connectivity index (χ0n) is 16.4. The van der Waals surface area contributed by atoms with Gasteiger partial charge in [-0.15, -0.1) is 0 Å². The van der Waals surface area contributed by atoms with Gasteiger partial charge in [0.25, 0.3) is 10.2 Å². The molecule has 1 amide bonds. The molecule has 1 unspecified atom stereocenters. The quantitative estimate of drug-likeness (QED) is 0.758. The number of rotatable bonds is 4. The number of benzene rings is 1. The number of hydrogen-bond donors (Lipinski definition) is 0. The van der Waals surface area contributed by atoms with Crippen molar-refractivity contribution in [3.05, 3.63) is 30.3 Å². The molecule has 1 aromatic carbocycles. The van der Waals surface area contributed by atoms with E-state index in [1.807, 2.05) is 23.1 Å². The highest BCUT2D eigenvalue weighted by molar-refractivity contribution is 7.86. The van der Waals surface area contributed by atoms with E-state index in [4.69, 9.17) is 0 Å². The molecule has 8 heteroatoms. The zero-order valence-corrected chi connectivity index (χ0v) is 17.2. The van der Waals surface area contributed by atoms with Gasteiger partial charge in [0.1, 0.15) is 0 Å². The molecule has 0 aliphatic carbocycles. The van der Waals surface area contributed by atoms with Gasteiger partial charge >= 0.3 is 0 Å². The predicted molar refractivity (Wildman–Crippen MR) is 109 cm³/mol. The van der Waals surface area contributed by atoms with Crippen LogP contribution < -0.4 is 4.90 Å². The Hall–Kier alpha value is -1.64. The lowest BCUT2D eigenvalue weighted by Crippen LogP contribution is -2.54. The SMILES string of the molecule is O=C(C1CCCN(S(=O)(=O)N2CCCC2)C1)N1CCN(c2ccccc2)CC1. The van der Waals surface area contributed by atoms with E-state index in [1.165, 1.54) is 5.69 Å². The van der Waals surface area contributed by atoms with E-state index in [0.717, 1.165) is 38.8 Å². The molecule has 3 aliphatic rings. The highest BCUT2D eigenvalue weighted by Crippen LogP contribution is 2.25. The fourth-order valence-corrected chi connectivity index (χ4v) is 6.29. The molecule has 1 aromatic rings. The van der Waals surface area contributed by atoms with E-state index in [9.17, 15) is 13.2 Å². The average Bonchev–Trinajstić information content (AvgIpc) is 3.30. The number of para-hydroxylation sites is 1. The summed E-state index contributed by atoms with van der Waals surface area (Å²) in [6.07, 6.45) is 3.40. The van der Waals surface area contributed by atoms with Crippen LogP contribution in [-0.2, 0) is 15.0 Å². The van der Waals surface area contributed by atoms with Crippen LogP contribution in [0.2, 0.25) is 0 Å². The van der Waals surface area contributed by atoms with Crippen molar-refractivity contribution in [3.63, 3.8) is 0 Å². The monoisotopic (exact) mass is 406 g/mol. The van der Waals surface area contributed by atoms with E-state index in [1.54, 1.807) is 8.61 Å². The van der Waals surface area contributed by atoms with Crippen LogP contribution in [0.4, 0.5) is 5.69 Å². The third-order valence-electron chi connectivity index (χ3n) is 6.16. The molecule has 0 aromatic heterocycles. The molecule has 3 fully saturated rings. The summed E-state index contributed by atoms with van der Waals surface area (Å²) in [5.74, 6) is -0.0940. The molecular formula is C20H30N4O3S. The Morgan fingerprint density at radius 2 is 1.46 bits per heavy atom. The highest BCUT2D eigenvalue weighted by Gasteiger charge is 2.38. The summed E-state index contributed by atoms with van der Waals surface area (Å²) in [4.78, 5) is 17.3. The highest BCUT2D eigenvalue weighted by atomic mass is 32.2. The fourth-order valence-electron chi connectivity index (χ4n) is 4.52. The number of hydrogen-bond acceptors (Lipinski definition) is 4. The first-order chi connectivity index (χ1) is 13.6. The van der Waals surface area contributed by atoms with Crippen LogP contribution in [0.25, 0.3) is 0 Å². The molecule has 0 bridgehead atoms. The first-order valence-electron chi connectivity index (χ1n) is 10.4. The van der Waals surface area contributed by atoms with Crippen molar-refractivity contribution in [1.82, 2.24) is 13.5 Å². The van der Waals surface area contributed by atoms with Crippen molar-refractivity contribution in [2.75, 3.05) is 57.3 Å². The topological polar surface area (TPSA) is 64.2 Å². The summed E-state index contributed by atoms with van der Waals surface area (Å²) >= 11 is 0. The van der Waals surface area contributed by atoms with Crippen LogP contribution in [0.5, 0.6) is 0 Å². The van der Waals surface area contributed by atoms with Gasteiger partial charge in [0.05, 0.1) is 5.92 Å². The number of amides is 1. The van der Waals surface area contributed by atoms with E-state index in [0.29, 0.717) is 39.3 Å². The van der Waals surface area contributed by atoms with E-state index in [2.05, 4.69) is 17.0 Å². The Morgan fingerprint density at radius 3 is 2.14 bits per heavy atom. The largest absolute Gasteiger partial charge is 0.368 e. The smallest absolute Gasteiger partial charge is 0.281 e. The van der Waals surface area contributed by atoms with Gasteiger partial charge < -0.3 is 9.80 Å². The second-order valence-electron chi connectivity index (χ2n) is 7.96. The summed E-state index contributed by atoms with van der Waals surface area (Å²) in [5, 5.41) is 0. The molecule has 0 saturated carbocycles. The Bertz CT molecular complexity index is 772. The first kappa shape index (κ1) is 19.7. The van der Waals surface area contributed by atoms with Gasteiger partial charge in [-0.2, -0.15) is 17.0 Å². The molecule has 3 heterocycles. The van der Waals surface area contributed by atoms with Gasteiger partial charge in [-0.3, -0.25) is 4.79 Å². The molecule has 0 N–H and O–H groups in total. The summed E-state index contributed by atoms with van der Waals surface area (Å²) in [6, 6.07) is 10.3. The van der Waals surface area contributed by atoms with Crippen molar-refractivity contribution in [1.29, 1.82) is 0 Å². The van der Waals surface area contributed by atoms with Gasteiger partial charge in [-0.25, -0.2) is 0 Å². The fraction of sp³-hybridized carbons (Fsp3) is 0.650. The second-order valence-corrected chi connectivity index (χ2v) is 9.89. The van der Waals surface area contributed by atoms with Crippen LogP contribution >= 0.6 is 0 Å². The molecule has 3 aliphatic heterocycles. The minimum Gasteiger partial charge on any atom is -0.368 e. The van der Waals surface area contributed by atoms with Gasteiger partial charge in [-0.1, -0.05) is 18.2 Å². The Balaban J connectivity index is 1.35. The molecule has 154 valence electrons. The lowest BCUT2D eigenvalue weighted by molar-refractivity contribution is -0.137. The lowest BCUT2D eigenvalue weighted by atomic mass is 9.97. The molecule has 7 nitrogen and oxygen atoms in total. The Morgan fingerprint density at radius 1 is 0.821 bits per heavy atom. The van der Waals surface area contributed by atoms with Crippen molar-refractivity contribution in [2.45, 2.75) is 25.7 Å². The van der Waals surface area contributed by atoms with Crippen molar-refractivity contribution in [3.8, 4) is 0 Å². The summed E-state index contributed by atoms with van der Waals surface area (Å²) in [5.41, 5.74) is 1.19. The van der Waals surface area contributed by atoms with Crippen LogP contribution in [0.15, 0.2) is 30.3 Å². The number of piperazine rings is 1. The van der Waals surface area contributed by atoms with Gasteiger partial charge in [0.15, 0.2) is 0 Å². The standard InChI is InChI=1S/C20H30N4O3S/c25-20(22-15-13-21(14-16-22)19-8-2-1-3-9-19)18-7-6-12-24(17-18)28(26,27)23-10-4-5-11-23/h1-3,8-9,18H,4-7,10-17H2. The van der Waals surface area contributed by atoms with Crippen LogP contribution in [0.1, 0.15) is 25.7 Å². The van der Waals surface area contributed by atoms with Gasteiger partial charge in [0, 0.05) is 58.0 Å². The zero-order chi connectivity index (χ0) is 19.6. The minimum atomic E-state index is -3.42. The summed E-state index contributed by atoms with van der Waals surface area (Å²) in [6.45, 7) is 5.11. The number of piperidine rings is 1. The maximum absolute atomic E-state index is 13.1. The molecule has 3 saturated heterocycles. The van der Waals surface area contributed by atoms with Crippen LogP contribution in [0.3, 0.4) is 0 Å². The molecule has 1 atom stereocenters. The first-order valence-corrected chi connectivity index (χ1v) is 11.8. The number of carbonyl (C=O) groups excluding carboxylic acids is 1. The summed E-state index contributed by atoms with van der Waals surface area (Å²) < 4.78 is 28.8. The Kier molecular flexibility index (Phi) is 5.89. The van der Waals surface area contributed by atoms with Crippen LogP contribution in [-0.4, -0.2) is 80.2 Å². The normalized spacial score (nSPS) is 25.2. The van der Waals surface area contributed by atoms with Crippen molar-refractivity contribution >= 4 is 21.8 Å². The van der Waals surface area contributed by atoms with Crippen molar-refractivity contribution < 1.29 is 13.2 Å². The maximum atomic E-state index is 13.1. The minimum absolute atomic E-state index is 0.119. The summed E-state index contributed by atoms with van der Waals surface area (Å²) in [7, 11) is -3.42. The number of carbonyl (C=O) groups is 1. The molecule has 0 radical (unpaired) electrons. The van der Waals surface area contributed by atoms with Crippen LogP contribution in [0, 0.1) is 5.92 Å². The van der Waals surface area contributed by atoms with E-state index < -0.39 is 10.2 Å². The van der Waals surface area contributed by atoms with E-state index >= 15 is 0 Å². The average molecular weight is 407 g/mol. The van der Waals surface area contributed by atoms with Gasteiger partial charge in [-0.05, 0) is 37.8 Å². The van der Waals surface area contributed by atoms with E-state index in [-0.39, 0.29) is 11.8 Å². The molecule has 0 spiro atoms.